The number of rotatable bonds is 5. The molecule has 1 aromatic heterocycles. The Labute approximate surface area is 132 Å². The summed E-state index contributed by atoms with van der Waals surface area (Å²) in [6, 6.07) is 2.16. The molecule has 2 aromatic rings. The summed E-state index contributed by atoms with van der Waals surface area (Å²) >= 11 is 11.9. The number of hydrogen-bond donors (Lipinski definition) is 3. The molecular formula is C12H13Cl2N3O3S. The maximum Gasteiger partial charge on any atom is 0.242 e. The summed E-state index contributed by atoms with van der Waals surface area (Å²) in [5.41, 5.74) is 0.930. The molecule has 2 rings (SSSR count). The van der Waals surface area contributed by atoms with E-state index in [0.717, 1.165) is 0 Å². The first kappa shape index (κ1) is 16.3. The van der Waals surface area contributed by atoms with Crippen molar-refractivity contribution in [3.05, 3.63) is 45.7 Å². The van der Waals surface area contributed by atoms with Gasteiger partial charge in [0.1, 0.15) is 4.90 Å². The van der Waals surface area contributed by atoms with Gasteiger partial charge < -0.3 is 5.11 Å². The van der Waals surface area contributed by atoms with E-state index in [-0.39, 0.29) is 20.5 Å². The molecule has 21 heavy (non-hydrogen) atoms. The number of H-pyrrole nitrogens is 1. The Balaban J connectivity index is 2.38. The summed E-state index contributed by atoms with van der Waals surface area (Å²) in [5.74, 6) is 0. The Hall–Kier alpha value is -1.12. The van der Waals surface area contributed by atoms with E-state index in [1.54, 1.807) is 13.1 Å². The lowest BCUT2D eigenvalue weighted by Crippen LogP contribution is -2.27. The second kappa shape index (κ2) is 6.33. The van der Waals surface area contributed by atoms with E-state index >= 15 is 0 Å². The Morgan fingerprint density at radius 3 is 2.71 bits per heavy atom. The number of nitrogens with zero attached hydrogens (tertiary/aromatic N) is 1. The molecule has 0 fully saturated rings. The third-order valence-corrected chi connectivity index (χ3v) is 5.23. The minimum Gasteiger partial charge on any atom is -0.392 e. The van der Waals surface area contributed by atoms with Crippen LogP contribution in [0.2, 0.25) is 10.0 Å². The number of benzene rings is 1. The van der Waals surface area contributed by atoms with Crippen LogP contribution in [0.4, 0.5) is 0 Å². The molecule has 0 bridgehead atoms. The van der Waals surface area contributed by atoms with Crippen molar-refractivity contribution in [3.63, 3.8) is 0 Å². The zero-order valence-corrected chi connectivity index (χ0v) is 13.3. The average molecular weight is 350 g/mol. The lowest BCUT2D eigenvalue weighted by Gasteiger charge is -2.15. The van der Waals surface area contributed by atoms with Crippen molar-refractivity contribution in [1.29, 1.82) is 0 Å². The van der Waals surface area contributed by atoms with Crippen molar-refractivity contribution in [2.75, 3.05) is 0 Å². The molecule has 1 atom stereocenters. The van der Waals surface area contributed by atoms with Crippen LogP contribution in [0.15, 0.2) is 29.4 Å². The van der Waals surface area contributed by atoms with E-state index < -0.39 is 22.7 Å². The van der Waals surface area contributed by atoms with E-state index in [2.05, 4.69) is 14.9 Å². The van der Waals surface area contributed by atoms with Crippen molar-refractivity contribution in [2.24, 2.45) is 0 Å². The number of halogens is 2. The first-order valence-corrected chi connectivity index (χ1v) is 8.19. The van der Waals surface area contributed by atoms with Crippen LogP contribution in [0, 0.1) is 0 Å². The molecule has 0 aliphatic carbocycles. The van der Waals surface area contributed by atoms with Crippen molar-refractivity contribution < 1.29 is 13.5 Å². The van der Waals surface area contributed by atoms with Gasteiger partial charge in [-0.3, -0.25) is 5.10 Å². The molecule has 1 aromatic carbocycles. The van der Waals surface area contributed by atoms with Crippen LogP contribution in [0.1, 0.15) is 24.1 Å². The van der Waals surface area contributed by atoms with Crippen molar-refractivity contribution in [2.45, 2.75) is 24.5 Å². The number of aliphatic hydroxyl groups excluding tert-OH is 1. The minimum absolute atomic E-state index is 0.0474. The lowest BCUT2D eigenvalue weighted by molar-refractivity contribution is 0.281. The summed E-state index contributed by atoms with van der Waals surface area (Å²) in [7, 11) is -3.89. The number of sulfonamides is 1. The normalized spacial score (nSPS) is 13.3. The molecule has 1 heterocycles. The van der Waals surface area contributed by atoms with Gasteiger partial charge in [0.2, 0.25) is 10.0 Å². The third kappa shape index (κ3) is 3.56. The van der Waals surface area contributed by atoms with Crippen LogP contribution >= 0.6 is 23.2 Å². The number of aromatic nitrogens is 2. The predicted octanol–water partition coefficient (Wildman–Crippen LogP) is 2.25. The van der Waals surface area contributed by atoms with Crippen molar-refractivity contribution in [3.8, 4) is 0 Å². The monoisotopic (exact) mass is 349 g/mol. The third-order valence-electron chi connectivity index (χ3n) is 2.89. The van der Waals surface area contributed by atoms with Crippen molar-refractivity contribution in [1.82, 2.24) is 14.9 Å². The topological polar surface area (TPSA) is 95.1 Å². The highest BCUT2D eigenvalue weighted by atomic mass is 35.5. The molecule has 0 radical (unpaired) electrons. The highest BCUT2D eigenvalue weighted by Crippen LogP contribution is 2.30. The maximum absolute atomic E-state index is 12.4. The average Bonchev–Trinajstić information content (AvgIpc) is 2.94. The molecule has 1 unspecified atom stereocenters. The Morgan fingerprint density at radius 2 is 2.14 bits per heavy atom. The van der Waals surface area contributed by atoms with Gasteiger partial charge >= 0.3 is 0 Å². The van der Waals surface area contributed by atoms with Crippen LogP contribution in [-0.4, -0.2) is 23.7 Å². The van der Waals surface area contributed by atoms with Crippen LogP contribution in [-0.2, 0) is 16.6 Å². The molecule has 0 aliphatic heterocycles. The molecule has 9 heteroatoms. The Kier molecular flexibility index (Phi) is 4.90. The number of nitrogens with one attached hydrogen (secondary N) is 2. The molecular weight excluding hydrogens is 337 g/mol. The molecule has 0 saturated heterocycles. The second-order valence-corrected chi connectivity index (χ2v) is 6.91. The highest BCUT2D eigenvalue weighted by molar-refractivity contribution is 7.89. The fraction of sp³-hybridized carbons (Fsp3) is 0.250. The highest BCUT2D eigenvalue weighted by Gasteiger charge is 2.23. The zero-order valence-electron chi connectivity index (χ0n) is 11.0. The summed E-state index contributed by atoms with van der Waals surface area (Å²) in [4.78, 5) is -0.170. The fourth-order valence-corrected chi connectivity index (χ4v) is 3.95. The van der Waals surface area contributed by atoms with E-state index in [9.17, 15) is 13.5 Å². The van der Waals surface area contributed by atoms with Crippen LogP contribution < -0.4 is 4.72 Å². The van der Waals surface area contributed by atoms with Crippen LogP contribution in [0.25, 0.3) is 0 Å². The SMILES string of the molecule is CC(NS(=O)(=O)c1cc(Cl)cc(CO)c1Cl)c1cn[nH]c1. The number of hydrogen-bond acceptors (Lipinski definition) is 4. The minimum atomic E-state index is -3.89. The second-order valence-electron chi connectivity index (χ2n) is 4.41. The number of aromatic amines is 1. The first-order valence-electron chi connectivity index (χ1n) is 5.95. The Bertz CT molecular complexity index is 732. The van der Waals surface area contributed by atoms with Gasteiger partial charge in [0.15, 0.2) is 0 Å². The standard InChI is InChI=1S/C12H13Cl2N3O3S/c1-7(9-4-15-16-5-9)17-21(19,20)11-3-10(13)2-8(6-18)12(11)14/h2-5,7,17-18H,6H2,1H3,(H,15,16). The molecule has 114 valence electrons. The van der Waals surface area contributed by atoms with Gasteiger partial charge in [0, 0.05) is 22.8 Å². The van der Waals surface area contributed by atoms with Crippen molar-refractivity contribution >= 4 is 33.2 Å². The van der Waals surface area contributed by atoms with E-state index in [4.69, 9.17) is 23.2 Å². The van der Waals surface area contributed by atoms with Gasteiger partial charge in [0.25, 0.3) is 0 Å². The maximum atomic E-state index is 12.4. The molecule has 0 aliphatic rings. The van der Waals surface area contributed by atoms with Gasteiger partial charge in [-0.2, -0.15) is 5.10 Å². The van der Waals surface area contributed by atoms with Crippen LogP contribution in [0.3, 0.4) is 0 Å². The first-order chi connectivity index (χ1) is 9.85. The zero-order chi connectivity index (χ0) is 15.6. The summed E-state index contributed by atoms with van der Waals surface area (Å²) in [6.07, 6.45) is 3.11. The summed E-state index contributed by atoms with van der Waals surface area (Å²) in [5, 5.41) is 15.7. The predicted molar refractivity (Wildman–Crippen MR) is 79.7 cm³/mol. The largest absolute Gasteiger partial charge is 0.392 e. The van der Waals surface area contributed by atoms with Gasteiger partial charge in [-0.25, -0.2) is 13.1 Å². The lowest BCUT2D eigenvalue weighted by atomic mass is 10.2. The Morgan fingerprint density at radius 1 is 1.43 bits per heavy atom. The van der Waals surface area contributed by atoms with Crippen LogP contribution in [0.5, 0.6) is 0 Å². The summed E-state index contributed by atoms with van der Waals surface area (Å²) in [6.45, 7) is 1.27. The van der Waals surface area contributed by atoms with E-state index in [1.165, 1.54) is 18.3 Å². The van der Waals surface area contributed by atoms with Gasteiger partial charge in [-0.15, -0.1) is 0 Å². The quantitative estimate of drug-likeness (QED) is 0.771. The molecule has 6 nitrogen and oxygen atoms in total. The molecule has 3 N–H and O–H groups in total. The van der Waals surface area contributed by atoms with Gasteiger partial charge in [-0.05, 0) is 24.6 Å². The number of aliphatic hydroxyl groups is 1. The molecule has 0 saturated carbocycles. The summed E-state index contributed by atoms with van der Waals surface area (Å²) < 4.78 is 27.3. The molecule has 0 amide bonds. The van der Waals surface area contributed by atoms with Gasteiger partial charge in [-0.1, -0.05) is 23.2 Å². The smallest absolute Gasteiger partial charge is 0.242 e. The fourth-order valence-electron chi connectivity index (χ4n) is 1.79. The van der Waals surface area contributed by atoms with E-state index in [0.29, 0.717) is 5.56 Å². The molecule has 0 spiro atoms. The van der Waals surface area contributed by atoms with Gasteiger partial charge in [0.05, 0.1) is 17.8 Å². The van der Waals surface area contributed by atoms with E-state index in [1.807, 2.05) is 0 Å².